The maximum absolute atomic E-state index is 13.2. The number of hydrogen-bond acceptors (Lipinski definition) is 3. The minimum absolute atomic E-state index is 0.179. The van der Waals surface area contributed by atoms with Crippen LogP contribution in [0.15, 0.2) is 42.5 Å². The zero-order chi connectivity index (χ0) is 18.8. The van der Waals surface area contributed by atoms with Crippen molar-refractivity contribution in [1.82, 2.24) is 15.2 Å². The van der Waals surface area contributed by atoms with Crippen LogP contribution in [0.4, 0.5) is 14.5 Å². The number of anilines is 1. The minimum Gasteiger partial charge on any atom is -0.326 e. The molecule has 1 amide bonds. The van der Waals surface area contributed by atoms with Crippen molar-refractivity contribution in [3.63, 3.8) is 0 Å². The van der Waals surface area contributed by atoms with E-state index >= 15 is 0 Å². The van der Waals surface area contributed by atoms with E-state index in [0.29, 0.717) is 29.4 Å². The molecule has 0 saturated heterocycles. The molecule has 1 heterocycles. The molecule has 0 radical (unpaired) electrons. The number of nitrogens with one attached hydrogen (secondary N) is 2. The predicted molar refractivity (Wildman–Crippen MR) is 97.1 cm³/mol. The van der Waals surface area contributed by atoms with Gasteiger partial charge in [0.05, 0.1) is 0 Å². The molecule has 1 aliphatic rings. The molecular formula is C20H18F2N4O. The molecule has 1 aromatic heterocycles. The molecule has 0 aliphatic heterocycles. The first kappa shape index (κ1) is 17.3. The van der Waals surface area contributed by atoms with E-state index in [1.165, 1.54) is 6.07 Å². The average Bonchev–Trinajstić information content (AvgIpc) is 3.40. The normalized spacial score (nSPS) is 13.6. The molecule has 3 aromatic rings. The number of halogens is 2. The molecule has 0 atom stereocenters. The average molecular weight is 368 g/mol. The maximum atomic E-state index is 13.2. The highest BCUT2D eigenvalue weighted by Crippen LogP contribution is 2.38. The van der Waals surface area contributed by atoms with Gasteiger partial charge in [-0.15, -0.1) is 0 Å². The van der Waals surface area contributed by atoms with Crippen molar-refractivity contribution in [3.8, 4) is 11.4 Å². The number of nitrogens with zero attached hydrogens (tertiary/aromatic N) is 2. The van der Waals surface area contributed by atoms with Gasteiger partial charge in [-0.05, 0) is 61.2 Å². The van der Waals surface area contributed by atoms with Gasteiger partial charge < -0.3 is 5.32 Å². The number of benzene rings is 2. The summed E-state index contributed by atoms with van der Waals surface area (Å²) >= 11 is 0. The monoisotopic (exact) mass is 368 g/mol. The molecule has 1 fully saturated rings. The Kier molecular flexibility index (Phi) is 4.66. The van der Waals surface area contributed by atoms with Crippen LogP contribution in [0.5, 0.6) is 0 Å². The fourth-order valence-corrected chi connectivity index (χ4v) is 2.82. The molecule has 4 rings (SSSR count). The lowest BCUT2D eigenvalue weighted by Gasteiger charge is -2.06. The van der Waals surface area contributed by atoms with Crippen LogP contribution in [-0.2, 0) is 11.2 Å². The number of aromatic nitrogens is 3. The van der Waals surface area contributed by atoms with Gasteiger partial charge in [0.1, 0.15) is 5.82 Å². The van der Waals surface area contributed by atoms with Crippen LogP contribution in [0, 0.1) is 11.6 Å². The minimum atomic E-state index is -0.902. The van der Waals surface area contributed by atoms with Gasteiger partial charge in [0.15, 0.2) is 17.5 Å². The molecule has 2 N–H and O–H groups in total. The van der Waals surface area contributed by atoms with Crippen molar-refractivity contribution < 1.29 is 13.6 Å². The van der Waals surface area contributed by atoms with Crippen LogP contribution in [0.2, 0.25) is 0 Å². The van der Waals surface area contributed by atoms with Gasteiger partial charge in [-0.25, -0.2) is 13.8 Å². The van der Waals surface area contributed by atoms with Crippen LogP contribution in [0.1, 0.15) is 36.6 Å². The van der Waals surface area contributed by atoms with Gasteiger partial charge in [0, 0.05) is 23.6 Å². The summed E-state index contributed by atoms with van der Waals surface area (Å²) in [4.78, 5) is 16.6. The molecule has 5 nitrogen and oxygen atoms in total. The number of aryl methyl sites for hydroxylation is 1. The second kappa shape index (κ2) is 7.26. The summed E-state index contributed by atoms with van der Waals surface area (Å²) in [5, 5.41) is 10.0. The Morgan fingerprint density at radius 3 is 2.59 bits per heavy atom. The Hall–Kier alpha value is -3.09. The third-order valence-corrected chi connectivity index (χ3v) is 4.52. The third-order valence-electron chi connectivity index (χ3n) is 4.52. The molecule has 0 spiro atoms. The van der Waals surface area contributed by atoms with Gasteiger partial charge in [-0.3, -0.25) is 9.89 Å². The molecule has 138 valence electrons. The quantitative estimate of drug-likeness (QED) is 0.685. The molecule has 0 unspecified atom stereocenters. The van der Waals surface area contributed by atoms with E-state index < -0.39 is 11.6 Å². The second-order valence-corrected chi connectivity index (χ2v) is 6.69. The number of rotatable bonds is 6. The van der Waals surface area contributed by atoms with Crippen molar-refractivity contribution in [3.05, 3.63) is 65.5 Å². The lowest BCUT2D eigenvalue weighted by molar-refractivity contribution is -0.116. The number of carbonyl (C=O) groups excluding carboxylic acids is 1. The zero-order valence-electron chi connectivity index (χ0n) is 14.5. The lowest BCUT2D eigenvalue weighted by Crippen LogP contribution is -2.12. The van der Waals surface area contributed by atoms with Crippen LogP contribution >= 0.6 is 0 Å². The highest BCUT2D eigenvalue weighted by Gasteiger charge is 2.27. The van der Waals surface area contributed by atoms with E-state index in [2.05, 4.69) is 20.5 Å². The highest BCUT2D eigenvalue weighted by atomic mass is 19.2. The first-order valence-corrected chi connectivity index (χ1v) is 8.85. The van der Waals surface area contributed by atoms with Crippen molar-refractivity contribution in [2.45, 2.75) is 31.6 Å². The van der Waals surface area contributed by atoms with E-state index in [9.17, 15) is 13.6 Å². The van der Waals surface area contributed by atoms with Gasteiger partial charge in [-0.1, -0.05) is 6.07 Å². The SMILES string of the molecule is O=C(CCc1ccc(F)c(F)c1)Nc1ccc(-c2n[nH]c(C3CC3)n2)cc1. The van der Waals surface area contributed by atoms with Crippen molar-refractivity contribution in [2.75, 3.05) is 5.32 Å². The summed E-state index contributed by atoms with van der Waals surface area (Å²) in [6.45, 7) is 0. The van der Waals surface area contributed by atoms with Crippen molar-refractivity contribution in [2.24, 2.45) is 0 Å². The number of H-pyrrole nitrogens is 1. The fourth-order valence-electron chi connectivity index (χ4n) is 2.82. The van der Waals surface area contributed by atoms with Crippen molar-refractivity contribution in [1.29, 1.82) is 0 Å². The lowest BCUT2D eigenvalue weighted by atomic mass is 10.1. The standard InChI is InChI=1S/C20H18F2N4O/c21-16-9-1-12(11-17(16)22)2-10-18(27)23-15-7-5-14(6-8-15)20-24-19(25-26-20)13-3-4-13/h1,5-9,11,13H,2-4,10H2,(H,23,27)(H,24,25,26). The molecule has 1 saturated carbocycles. The summed E-state index contributed by atoms with van der Waals surface area (Å²) in [5.41, 5.74) is 2.11. The Balaban J connectivity index is 1.33. The number of carbonyl (C=O) groups is 1. The Morgan fingerprint density at radius 2 is 1.89 bits per heavy atom. The van der Waals surface area contributed by atoms with E-state index in [1.807, 2.05) is 12.1 Å². The number of aromatic amines is 1. The first-order chi connectivity index (χ1) is 13.1. The number of amides is 1. The third kappa shape index (κ3) is 4.19. The van der Waals surface area contributed by atoms with Crippen LogP contribution in [0.25, 0.3) is 11.4 Å². The van der Waals surface area contributed by atoms with E-state index in [0.717, 1.165) is 36.4 Å². The van der Waals surface area contributed by atoms with Crippen LogP contribution in [-0.4, -0.2) is 21.1 Å². The van der Waals surface area contributed by atoms with Gasteiger partial charge in [-0.2, -0.15) is 5.10 Å². The smallest absolute Gasteiger partial charge is 0.224 e. The summed E-state index contributed by atoms with van der Waals surface area (Å²) in [5.74, 6) is 0.104. The van der Waals surface area contributed by atoms with Crippen LogP contribution < -0.4 is 5.32 Å². The van der Waals surface area contributed by atoms with E-state index in [4.69, 9.17) is 0 Å². The highest BCUT2D eigenvalue weighted by molar-refractivity contribution is 5.91. The summed E-state index contributed by atoms with van der Waals surface area (Å²) in [6.07, 6.45) is 2.83. The summed E-state index contributed by atoms with van der Waals surface area (Å²) in [6, 6.07) is 10.9. The van der Waals surface area contributed by atoms with Gasteiger partial charge in [0.25, 0.3) is 0 Å². The molecular weight excluding hydrogens is 350 g/mol. The summed E-state index contributed by atoms with van der Waals surface area (Å²) in [7, 11) is 0. The number of hydrogen-bond donors (Lipinski definition) is 2. The van der Waals surface area contributed by atoms with Crippen molar-refractivity contribution >= 4 is 11.6 Å². The van der Waals surface area contributed by atoms with E-state index in [-0.39, 0.29) is 12.3 Å². The van der Waals surface area contributed by atoms with Gasteiger partial charge in [0.2, 0.25) is 5.91 Å². The maximum Gasteiger partial charge on any atom is 0.224 e. The Morgan fingerprint density at radius 1 is 1.11 bits per heavy atom. The Bertz CT molecular complexity index is 964. The molecule has 27 heavy (non-hydrogen) atoms. The second-order valence-electron chi connectivity index (χ2n) is 6.69. The fraction of sp³-hybridized carbons (Fsp3) is 0.250. The van der Waals surface area contributed by atoms with E-state index in [1.54, 1.807) is 12.1 Å². The van der Waals surface area contributed by atoms with Gasteiger partial charge >= 0.3 is 0 Å². The largest absolute Gasteiger partial charge is 0.326 e. The molecule has 1 aliphatic carbocycles. The van der Waals surface area contributed by atoms with Crippen LogP contribution in [0.3, 0.4) is 0 Å². The predicted octanol–water partition coefficient (Wildman–Crippen LogP) is 4.20. The first-order valence-electron chi connectivity index (χ1n) is 8.85. The Labute approximate surface area is 154 Å². The molecule has 7 heteroatoms. The zero-order valence-corrected chi connectivity index (χ0v) is 14.5. The molecule has 0 bridgehead atoms. The molecule has 2 aromatic carbocycles. The topological polar surface area (TPSA) is 70.7 Å². The summed E-state index contributed by atoms with van der Waals surface area (Å²) < 4.78 is 26.1.